The average molecular weight is 325 g/mol. The minimum Gasteiger partial charge on any atom is -0.461 e. The number of nitrogens with zero attached hydrogens (tertiary/aromatic N) is 3. The number of furan rings is 1. The van der Waals surface area contributed by atoms with Crippen LogP contribution in [0.4, 0.5) is 5.69 Å². The Morgan fingerprint density at radius 3 is 2.67 bits per heavy atom. The topological polar surface area (TPSA) is 72.4 Å². The van der Waals surface area contributed by atoms with Crippen molar-refractivity contribution in [3.63, 3.8) is 0 Å². The van der Waals surface area contributed by atoms with Gasteiger partial charge in [-0.1, -0.05) is 20.8 Å². The van der Waals surface area contributed by atoms with Crippen LogP contribution in [0.3, 0.4) is 0 Å². The lowest BCUT2D eigenvalue weighted by atomic mass is 9.95. The molecule has 0 aromatic carbocycles. The van der Waals surface area contributed by atoms with Gasteiger partial charge in [0.15, 0.2) is 17.8 Å². The number of oxazole rings is 1. The van der Waals surface area contributed by atoms with Crippen molar-refractivity contribution in [3.05, 3.63) is 55.0 Å². The second kappa shape index (κ2) is 6.31. The third kappa shape index (κ3) is 3.37. The Balaban J connectivity index is 2.00. The second-order valence-corrected chi connectivity index (χ2v) is 6.67. The summed E-state index contributed by atoms with van der Waals surface area (Å²) in [5.74, 6) is 0.545. The number of carbonyl (C=O) groups is 1. The second-order valence-electron chi connectivity index (χ2n) is 6.67. The first kappa shape index (κ1) is 16.0. The van der Waals surface area contributed by atoms with E-state index in [1.165, 1.54) is 12.7 Å². The monoisotopic (exact) mass is 325 g/mol. The van der Waals surface area contributed by atoms with E-state index in [2.05, 4.69) is 30.7 Å². The minimum atomic E-state index is -0.252. The van der Waals surface area contributed by atoms with Crippen molar-refractivity contribution in [1.29, 1.82) is 0 Å². The Bertz CT molecular complexity index is 802. The molecule has 124 valence electrons. The van der Waals surface area contributed by atoms with Crippen LogP contribution in [0.15, 0.2) is 58.2 Å². The van der Waals surface area contributed by atoms with Gasteiger partial charge in [0.05, 0.1) is 18.1 Å². The first-order valence-electron chi connectivity index (χ1n) is 7.65. The zero-order chi connectivity index (χ0) is 17.2. The van der Waals surface area contributed by atoms with Gasteiger partial charge in [0.25, 0.3) is 5.91 Å². The quantitative estimate of drug-likeness (QED) is 0.724. The van der Waals surface area contributed by atoms with Gasteiger partial charge in [-0.15, -0.1) is 0 Å². The maximum atomic E-state index is 13.1. The van der Waals surface area contributed by atoms with E-state index in [0.29, 0.717) is 23.8 Å². The Morgan fingerprint density at radius 1 is 1.21 bits per heavy atom. The van der Waals surface area contributed by atoms with Gasteiger partial charge in [0.1, 0.15) is 0 Å². The standard InChI is InChI=1S/C18H19N3O3/c1-18(2,3)11-21(13-6-4-8-19-10-13)17(22)15-16(24-12-20-15)14-7-5-9-23-14/h4-10,12H,11H2,1-3H3. The highest BCUT2D eigenvalue weighted by atomic mass is 16.4. The summed E-state index contributed by atoms with van der Waals surface area (Å²) in [6.07, 6.45) is 6.12. The fourth-order valence-electron chi connectivity index (χ4n) is 2.38. The van der Waals surface area contributed by atoms with Crippen LogP contribution in [0.2, 0.25) is 0 Å². The van der Waals surface area contributed by atoms with Crippen molar-refractivity contribution >= 4 is 11.6 Å². The maximum Gasteiger partial charge on any atom is 0.281 e. The Kier molecular flexibility index (Phi) is 4.20. The molecular weight excluding hydrogens is 306 g/mol. The highest BCUT2D eigenvalue weighted by molar-refractivity contribution is 6.07. The zero-order valence-corrected chi connectivity index (χ0v) is 13.9. The summed E-state index contributed by atoms with van der Waals surface area (Å²) in [5, 5.41) is 0. The summed E-state index contributed by atoms with van der Waals surface area (Å²) in [5.41, 5.74) is 0.837. The van der Waals surface area contributed by atoms with Crippen LogP contribution in [0.5, 0.6) is 0 Å². The molecule has 0 radical (unpaired) electrons. The lowest BCUT2D eigenvalue weighted by molar-refractivity contribution is 0.0973. The highest BCUT2D eigenvalue weighted by Gasteiger charge is 2.29. The van der Waals surface area contributed by atoms with Crippen LogP contribution in [-0.4, -0.2) is 22.4 Å². The summed E-state index contributed by atoms with van der Waals surface area (Å²) in [6.45, 7) is 6.72. The molecule has 6 heteroatoms. The van der Waals surface area contributed by atoms with Gasteiger partial charge in [0.2, 0.25) is 5.76 Å². The fourth-order valence-corrected chi connectivity index (χ4v) is 2.38. The van der Waals surface area contributed by atoms with E-state index < -0.39 is 0 Å². The van der Waals surface area contributed by atoms with Crippen molar-refractivity contribution in [1.82, 2.24) is 9.97 Å². The molecule has 0 saturated heterocycles. The molecule has 3 heterocycles. The van der Waals surface area contributed by atoms with Gasteiger partial charge >= 0.3 is 0 Å². The largest absolute Gasteiger partial charge is 0.461 e. The summed E-state index contributed by atoms with van der Waals surface area (Å²) in [4.78, 5) is 23.0. The number of anilines is 1. The molecule has 6 nitrogen and oxygen atoms in total. The van der Waals surface area contributed by atoms with Gasteiger partial charge in [-0.05, 0) is 29.7 Å². The zero-order valence-electron chi connectivity index (χ0n) is 13.9. The highest BCUT2D eigenvalue weighted by Crippen LogP contribution is 2.28. The number of amides is 1. The first-order valence-corrected chi connectivity index (χ1v) is 7.65. The van der Waals surface area contributed by atoms with Crippen molar-refractivity contribution in [2.45, 2.75) is 20.8 Å². The van der Waals surface area contributed by atoms with E-state index in [0.717, 1.165) is 0 Å². The molecule has 3 aromatic heterocycles. The third-order valence-corrected chi connectivity index (χ3v) is 3.35. The lowest BCUT2D eigenvalue weighted by Gasteiger charge is -2.29. The van der Waals surface area contributed by atoms with Gasteiger partial charge in [-0.3, -0.25) is 9.78 Å². The number of hydrogen-bond donors (Lipinski definition) is 0. The number of aromatic nitrogens is 2. The van der Waals surface area contributed by atoms with Crippen LogP contribution < -0.4 is 4.90 Å². The number of carbonyl (C=O) groups excluding carboxylic acids is 1. The predicted octanol–water partition coefficient (Wildman–Crippen LogP) is 4.02. The number of hydrogen-bond acceptors (Lipinski definition) is 5. The molecule has 0 aliphatic heterocycles. The normalized spacial score (nSPS) is 11.5. The molecule has 0 aliphatic carbocycles. The van der Waals surface area contributed by atoms with E-state index in [1.54, 1.807) is 35.5 Å². The van der Waals surface area contributed by atoms with Gasteiger partial charge in [0, 0.05) is 12.7 Å². The molecule has 0 bridgehead atoms. The molecule has 0 N–H and O–H groups in total. The van der Waals surface area contributed by atoms with Crippen molar-refractivity contribution in [2.24, 2.45) is 5.41 Å². The van der Waals surface area contributed by atoms with E-state index >= 15 is 0 Å². The smallest absolute Gasteiger partial charge is 0.281 e. The molecule has 0 saturated carbocycles. The van der Waals surface area contributed by atoms with E-state index in [1.807, 2.05) is 6.07 Å². The number of pyridine rings is 1. The molecule has 0 unspecified atom stereocenters. The summed E-state index contributed by atoms with van der Waals surface area (Å²) in [6, 6.07) is 7.12. The van der Waals surface area contributed by atoms with Crippen LogP contribution in [0.1, 0.15) is 31.3 Å². The molecule has 3 aromatic rings. The molecule has 0 spiro atoms. The molecule has 0 atom stereocenters. The van der Waals surface area contributed by atoms with Crippen LogP contribution in [0, 0.1) is 5.41 Å². The Morgan fingerprint density at radius 2 is 2.04 bits per heavy atom. The van der Waals surface area contributed by atoms with Crippen LogP contribution in [0.25, 0.3) is 11.5 Å². The summed E-state index contributed by atoms with van der Waals surface area (Å²) in [7, 11) is 0. The number of rotatable bonds is 4. The van der Waals surface area contributed by atoms with Gasteiger partial charge in [-0.25, -0.2) is 4.98 Å². The maximum absolute atomic E-state index is 13.1. The molecule has 0 aliphatic rings. The van der Waals surface area contributed by atoms with E-state index in [9.17, 15) is 4.79 Å². The van der Waals surface area contributed by atoms with Crippen LogP contribution >= 0.6 is 0 Å². The lowest BCUT2D eigenvalue weighted by Crippen LogP contribution is -2.38. The van der Waals surface area contributed by atoms with E-state index in [4.69, 9.17) is 8.83 Å². The third-order valence-electron chi connectivity index (χ3n) is 3.35. The Labute approximate surface area is 140 Å². The Hall–Kier alpha value is -2.89. The predicted molar refractivity (Wildman–Crippen MR) is 89.6 cm³/mol. The SMILES string of the molecule is CC(C)(C)CN(C(=O)c1ncoc1-c1ccco1)c1cccnc1. The molecule has 1 amide bonds. The van der Waals surface area contributed by atoms with Crippen molar-refractivity contribution in [2.75, 3.05) is 11.4 Å². The fraction of sp³-hybridized carbons (Fsp3) is 0.278. The molecule has 3 rings (SSSR count). The minimum absolute atomic E-state index is 0.0971. The summed E-state index contributed by atoms with van der Waals surface area (Å²) >= 11 is 0. The van der Waals surface area contributed by atoms with Gasteiger partial charge in [-0.2, -0.15) is 0 Å². The van der Waals surface area contributed by atoms with Crippen molar-refractivity contribution < 1.29 is 13.6 Å². The average Bonchev–Trinajstić information content (AvgIpc) is 3.22. The van der Waals surface area contributed by atoms with Gasteiger partial charge < -0.3 is 13.7 Å². The molecular formula is C18H19N3O3. The summed E-state index contributed by atoms with van der Waals surface area (Å²) < 4.78 is 10.7. The molecule has 24 heavy (non-hydrogen) atoms. The first-order chi connectivity index (χ1) is 11.5. The van der Waals surface area contributed by atoms with Crippen LogP contribution in [-0.2, 0) is 0 Å². The van der Waals surface area contributed by atoms with E-state index in [-0.39, 0.29) is 17.0 Å². The molecule has 0 fully saturated rings. The van der Waals surface area contributed by atoms with Crippen molar-refractivity contribution in [3.8, 4) is 11.5 Å².